The van der Waals surface area contributed by atoms with Crippen molar-refractivity contribution in [3.8, 4) is 17.0 Å². The lowest BCUT2D eigenvalue weighted by molar-refractivity contribution is 0.217. The SMILES string of the molecule is CC(C)Oc1cncc(-c2cnc(CN(C)CC3CNC3)cn2)c1. The predicted molar refractivity (Wildman–Crippen MR) is 93.7 cm³/mol. The number of aromatic nitrogens is 3. The van der Waals surface area contributed by atoms with Crippen LogP contribution in [-0.4, -0.2) is 52.6 Å². The first kappa shape index (κ1) is 16.8. The summed E-state index contributed by atoms with van der Waals surface area (Å²) in [4.78, 5) is 15.6. The third-order valence-corrected chi connectivity index (χ3v) is 3.95. The number of nitrogens with zero attached hydrogens (tertiary/aromatic N) is 4. The molecule has 6 nitrogen and oxygen atoms in total. The highest BCUT2D eigenvalue weighted by atomic mass is 16.5. The van der Waals surface area contributed by atoms with Crippen LogP contribution in [0.15, 0.2) is 30.9 Å². The molecule has 3 rings (SSSR count). The van der Waals surface area contributed by atoms with E-state index in [-0.39, 0.29) is 6.10 Å². The van der Waals surface area contributed by atoms with E-state index in [1.165, 1.54) is 0 Å². The fraction of sp³-hybridized carbons (Fsp3) is 0.500. The van der Waals surface area contributed by atoms with Gasteiger partial charge in [0.05, 0.1) is 36.1 Å². The molecule has 0 bridgehead atoms. The van der Waals surface area contributed by atoms with Crippen LogP contribution in [0.5, 0.6) is 5.75 Å². The Kier molecular flexibility index (Phi) is 5.37. The molecule has 3 heterocycles. The first-order valence-corrected chi connectivity index (χ1v) is 8.42. The lowest BCUT2D eigenvalue weighted by Crippen LogP contribution is -2.47. The topological polar surface area (TPSA) is 63.2 Å². The molecule has 1 aliphatic rings. The molecule has 0 aliphatic carbocycles. The van der Waals surface area contributed by atoms with Crippen molar-refractivity contribution >= 4 is 0 Å². The van der Waals surface area contributed by atoms with Gasteiger partial charge in [-0.05, 0) is 32.9 Å². The molecule has 0 aromatic carbocycles. The molecular formula is C18H25N5O. The smallest absolute Gasteiger partial charge is 0.138 e. The Hall–Kier alpha value is -2.05. The lowest BCUT2D eigenvalue weighted by atomic mass is 10.0. The maximum atomic E-state index is 5.68. The van der Waals surface area contributed by atoms with E-state index in [2.05, 4.69) is 32.2 Å². The van der Waals surface area contributed by atoms with Crippen molar-refractivity contribution in [2.24, 2.45) is 5.92 Å². The second-order valence-corrected chi connectivity index (χ2v) is 6.69. The van der Waals surface area contributed by atoms with Gasteiger partial charge in [-0.15, -0.1) is 0 Å². The van der Waals surface area contributed by atoms with Gasteiger partial charge in [-0.1, -0.05) is 0 Å². The molecule has 0 spiro atoms. The normalized spacial score (nSPS) is 14.9. The molecule has 2 aromatic heterocycles. The van der Waals surface area contributed by atoms with E-state index in [9.17, 15) is 0 Å². The minimum absolute atomic E-state index is 0.122. The maximum absolute atomic E-state index is 5.68. The van der Waals surface area contributed by atoms with Crippen LogP contribution >= 0.6 is 0 Å². The molecule has 24 heavy (non-hydrogen) atoms. The molecular weight excluding hydrogens is 302 g/mol. The highest BCUT2D eigenvalue weighted by Crippen LogP contribution is 2.21. The Morgan fingerprint density at radius 1 is 1.21 bits per heavy atom. The Bertz CT molecular complexity index is 655. The molecule has 6 heteroatoms. The maximum Gasteiger partial charge on any atom is 0.138 e. The Labute approximate surface area is 143 Å². The van der Waals surface area contributed by atoms with Crippen molar-refractivity contribution in [3.63, 3.8) is 0 Å². The number of pyridine rings is 1. The van der Waals surface area contributed by atoms with E-state index in [0.717, 1.165) is 54.8 Å². The fourth-order valence-electron chi connectivity index (χ4n) is 2.74. The Morgan fingerprint density at radius 3 is 2.67 bits per heavy atom. The largest absolute Gasteiger partial charge is 0.489 e. The van der Waals surface area contributed by atoms with Crippen LogP contribution in [0.4, 0.5) is 0 Å². The molecule has 0 atom stereocenters. The third kappa shape index (κ3) is 4.49. The van der Waals surface area contributed by atoms with Crippen LogP contribution in [0.2, 0.25) is 0 Å². The van der Waals surface area contributed by atoms with Crippen molar-refractivity contribution in [3.05, 3.63) is 36.5 Å². The van der Waals surface area contributed by atoms with Crippen molar-refractivity contribution in [2.75, 3.05) is 26.7 Å². The van der Waals surface area contributed by atoms with E-state index in [1.54, 1.807) is 12.4 Å². The van der Waals surface area contributed by atoms with Gasteiger partial charge in [0.1, 0.15) is 5.75 Å². The molecule has 0 unspecified atom stereocenters. The predicted octanol–water partition coefficient (Wildman–Crippen LogP) is 1.98. The highest BCUT2D eigenvalue weighted by molar-refractivity contribution is 5.58. The van der Waals surface area contributed by atoms with E-state index < -0.39 is 0 Å². The van der Waals surface area contributed by atoms with E-state index >= 15 is 0 Å². The van der Waals surface area contributed by atoms with Gasteiger partial charge in [0.2, 0.25) is 0 Å². The van der Waals surface area contributed by atoms with Gasteiger partial charge >= 0.3 is 0 Å². The monoisotopic (exact) mass is 327 g/mol. The highest BCUT2D eigenvalue weighted by Gasteiger charge is 2.18. The summed E-state index contributed by atoms with van der Waals surface area (Å²) in [6, 6.07) is 1.95. The van der Waals surface area contributed by atoms with Gasteiger partial charge in [-0.25, -0.2) is 0 Å². The summed E-state index contributed by atoms with van der Waals surface area (Å²) in [5, 5.41) is 3.30. The van der Waals surface area contributed by atoms with Gasteiger partial charge in [-0.2, -0.15) is 0 Å². The minimum Gasteiger partial charge on any atom is -0.489 e. The van der Waals surface area contributed by atoms with Gasteiger partial charge in [0.15, 0.2) is 0 Å². The summed E-state index contributed by atoms with van der Waals surface area (Å²) >= 11 is 0. The van der Waals surface area contributed by atoms with Crippen molar-refractivity contribution < 1.29 is 4.74 Å². The molecule has 1 N–H and O–H groups in total. The molecule has 0 saturated carbocycles. The van der Waals surface area contributed by atoms with Gasteiger partial charge in [-0.3, -0.25) is 15.0 Å². The van der Waals surface area contributed by atoms with Crippen molar-refractivity contribution in [1.29, 1.82) is 0 Å². The zero-order valence-electron chi connectivity index (χ0n) is 14.6. The second kappa shape index (κ2) is 7.68. The minimum atomic E-state index is 0.122. The van der Waals surface area contributed by atoms with Crippen LogP contribution in [-0.2, 0) is 6.54 Å². The first-order valence-electron chi connectivity index (χ1n) is 8.42. The molecule has 128 valence electrons. The molecule has 1 saturated heterocycles. The van der Waals surface area contributed by atoms with Crippen LogP contribution in [0, 0.1) is 5.92 Å². The van der Waals surface area contributed by atoms with E-state index in [1.807, 2.05) is 32.3 Å². The molecule has 0 radical (unpaired) electrons. The van der Waals surface area contributed by atoms with Crippen LogP contribution < -0.4 is 10.1 Å². The second-order valence-electron chi connectivity index (χ2n) is 6.69. The molecule has 0 amide bonds. The van der Waals surface area contributed by atoms with Crippen LogP contribution in [0.25, 0.3) is 11.3 Å². The van der Waals surface area contributed by atoms with Crippen LogP contribution in [0.3, 0.4) is 0 Å². The molecule has 1 fully saturated rings. The van der Waals surface area contributed by atoms with Crippen molar-refractivity contribution in [1.82, 2.24) is 25.2 Å². The average Bonchev–Trinajstić information content (AvgIpc) is 2.51. The average molecular weight is 327 g/mol. The summed E-state index contributed by atoms with van der Waals surface area (Å²) in [5.41, 5.74) is 2.71. The molecule has 2 aromatic rings. The Morgan fingerprint density at radius 2 is 2.04 bits per heavy atom. The van der Waals surface area contributed by atoms with Gasteiger partial charge in [0, 0.05) is 37.9 Å². The number of rotatable bonds is 7. The summed E-state index contributed by atoms with van der Waals surface area (Å²) < 4.78 is 5.68. The first-order chi connectivity index (χ1) is 11.6. The van der Waals surface area contributed by atoms with Crippen molar-refractivity contribution in [2.45, 2.75) is 26.5 Å². The summed E-state index contributed by atoms with van der Waals surface area (Å²) in [6.45, 7) is 8.15. The zero-order valence-corrected chi connectivity index (χ0v) is 14.6. The van der Waals surface area contributed by atoms with Gasteiger partial charge < -0.3 is 15.0 Å². The summed E-state index contributed by atoms with van der Waals surface area (Å²) in [7, 11) is 2.13. The van der Waals surface area contributed by atoms with E-state index in [4.69, 9.17) is 4.74 Å². The molecule has 1 aliphatic heterocycles. The summed E-state index contributed by atoms with van der Waals surface area (Å²) in [6.07, 6.45) is 7.28. The zero-order chi connectivity index (χ0) is 16.9. The summed E-state index contributed by atoms with van der Waals surface area (Å²) in [5.74, 6) is 1.51. The number of hydrogen-bond acceptors (Lipinski definition) is 6. The van der Waals surface area contributed by atoms with Gasteiger partial charge in [0.25, 0.3) is 0 Å². The van der Waals surface area contributed by atoms with E-state index in [0.29, 0.717) is 0 Å². The fourth-order valence-corrected chi connectivity index (χ4v) is 2.74. The number of nitrogens with one attached hydrogen (secondary N) is 1. The number of ether oxygens (including phenoxy) is 1. The number of hydrogen-bond donors (Lipinski definition) is 1. The standard InChI is InChI=1S/C18H25N5O/c1-13(2)24-17-4-15(7-20-9-17)18-10-21-16(8-22-18)12-23(3)11-14-5-19-6-14/h4,7-10,13-14,19H,5-6,11-12H2,1-3H3. The lowest BCUT2D eigenvalue weighted by Gasteiger charge is -2.31. The quantitative estimate of drug-likeness (QED) is 0.839. The van der Waals surface area contributed by atoms with Crippen LogP contribution in [0.1, 0.15) is 19.5 Å². The third-order valence-electron chi connectivity index (χ3n) is 3.95. The Balaban J connectivity index is 1.63.